The predicted molar refractivity (Wildman–Crippen MR) is 68.1 cm³/mol. The molecule has 0 unspecified atom stereocenters. The zero-order valence-corrected chi connectivity index (χ0v) is 10.2. The summed E-state index contributed by atoms with van der Waals surface area (Å²) in [4.78, 5) is 2.38. The van der Waals surface area contributed by atoms with E-state index in [1.165, 1.54) is 9.79 Å². The van der Waals surface area contributed by atoms with Gasteiger partial charge in [-0.1, -0.05) is 30.0 Å². The standard InChI is InChI=1S/C14H14OS/c1-10-8-13(9-11(2)14(10)15)16-12-6-4-3-5-7-12/h3-9,15H,1-2H3. The van der Waals surface area contributed by atoms with Crippen LogP contribution in [0.5, 0.6) is 5.75 Å². The second kappa shape index (κ2) is 4.62. The third-order valence-electron chi connectivity index (χ3n) is 2.44. The van der Waals surface area contributed by atoms with Crippen molar-refractivity contribution in [3.05, 3.63) is 53.6 Å². The molecule has 0 spiro atoms. The Bertz CT molecular complexity index is 468. The molecule has 0 radical (unpaired) electrons. The van der Waals surface area contributed by atoms with Gasteiger partial charge < -0.3 is 5.11 Å². The third kappa shape index (κ3) is 2.39. The maximum Gasteiger partial charge on any atom is 0.121 e. The van der Waals surface area contributed by atoms with Crippen molar-refractivity contribution >= 4 is 11.8 Å². The van der Waals surface area contributed by atoms with Gasteiger partial charge in [-0.25, -0.2) is 0 Å². The van der Waals surface area contributed by atoms with E-state index in [1.807, 2.05) is 44.2 Å². The molecule has 16 heavy (non-hydrogen) atoms. The summed E-state index contributed by atoms with van der Waals surface area (Å²) in [6.07, 6.45) is 0. The summed E-state index contributed by atoms with van der Waals surface area (Å²) in [7, 11) is 0. The van der Waals surface area contributed by atoms with E-state index in [-0.39, 0.29) is 0 Å². The number of hydrogen-bond acceptors (Lipinski definition) is 2. The molecule has 82 valence electrons. The Hall–Kier alpha value is -1.41. The van der Waals surface area contributed by atoms with Crippen LogP contribution in [-0.4, -0.2) is 5.11 Å². The Morgan fingerprint density at radius 2 is 1.44 bits per heavy atom. The van der Waals surface area contributed by atoms with Gasteiger partial charge in [0.25, 0.3) is 0 Å². The van der Waals surface area contributed by atoms with Crippen molar-refractivity contribution in [2.75, 3.05) is 0 Å². The predicted octanol–water partition coefficient (Wildman–Crippen LogP) is 4.16. The largest absolute Gasteiger partial charge is 0.507 e. The van der Waals surface area contributed by atoms with Crippen LogP contribution in [0, 0.1) is 13.8 Å². The number of phenols is 1. The molecule has 0 aliphatic rings. The number of hydrogen-bond donors (Lipinski definition) is 1. The first kappa shape index (κ1) is 11.1. The van der Waals surface area contributed by atoms with Crippen LogP contribution in [-0.2, 0) is 0 Å². The van der Waals surface area contributed by atoms with Gasteiger partial charge in [-0.05, 0) is 49.2 Å². The normalized spacial score (nSPS) is 10.4. The molecule has 2 heteroatoms. The van der Waals surface area contributed by atoms with Gasteiger partial charge >= 0.3 is 0 Å². The molecule has 0 saturated carbocycles. The smallest absolute Gasteiger partial charge is 0.121 e. The van der Waals surface area contributed by atoms with E-state index in [9.17, 15) is 5.11 Å². The van der Waals surface area contributed by atoms with Gasteiger partial charge in [-0.3, -0.25) is 0 Å². The van der Waals surface area contributed by atoms with Crippen molar-refractivity contribution in [1.29, 1.82) is 0 Å². The van der Waals surface area contributed by atoms with Crippen LogP contribution in [0.2, 0.25) is 0 Å². The van der Waals surface area contributed by atoms with Crippen LogP contribution >= 0.6 is 11.8 Å². The van der Waals surface area contributed by atoms with Gasteiger partial charge in [-0.2, -0.15) is 0 Å². The Morgan fingerprint density at radius 3 is 2.00 bits per heavy atom. The van der Waals surface area contributed by atoms with Crippen LogP contribution in [0.25, 0.3) is 0 Å². The van der Waals surface area contributed by atoms with E-state index in [0.29, 0.717) is 5.75 Å². The lowest BCUT2D eigenvalue weighted by atomic mass is 10.1. The van der Waals surface area contributed by atoms with Crippen LogP contribution in [0.3, 0.4) is 0 Å². The van der Waals surface area contributed by atoms with Crippen molar-refractivity contribution < 1.29 is 5.11 Å². The van der Waals surface area contributed by atoms with Gasteiger partial charge in [0.1, 0.15) is 5.75 Å². The molecule has 1 nitrogen and oxygen atoms in total. The highest BCUT2D eigenvalue weighted by Gasteiger charge is 2.04. The SMILES string of the molecule is Cc1cc(Sc2ccccc2)cc(C)c1O. The fourth-order valence-electron chi connectivity index (χ4n) is 1.60. The van der Waals surface area contributed by atoms with Crippen molar-refractivity contribution in [3.8, 4) is 5.75 Å². The fourth-order valence-corrected chi connectivity index (χ4v) is 2.64. The molecule has 0 saturated heterocycles. The Balaban J connectivity index is 2.29. The summed E-state index contributed by atoms with van der Waals surface area (Å²) in [5, 5.41) is 9.69. The highest BCUT2D eigenvalue weighted by molar-refractivity contribution is 7.99. The summed E-state index contributed by atoms with van der Waals surface area (Å²) in [6, 6.07) is 14.3. The number of phenolic OH excluding ortho intramolecular Hbond substituents is 1. The average Bonchev–Trinajstić information content (AvgIpc) is 2.27. The van der Waals surface area contributed by atoms with Crippen LogP contribution in [0.1, 0.15) is 11.1 Å². The molecule has 1 N–H and O–H groups in total. The molecule has 0 fully saturated rings. The van der Waals surface area contributed by atoms with Gasteiger partial charge in [-0.15, -0.1) is 0 Å². The molecular weight excluding hydrogens is 216 g/mol. The molecule has 0 atom stereocenters. The Morgan fingerprint density at radius 1 is 0.875 bits per heavy atom. The monoisotopic (exact) mass is 230 g/mol. The minimum absolute atomic E-state index is 0.400. The Labute approximate surface area is 100 Å². The minimum atomic E-state index is 0.400. The maximum atomic E-state index is 9.69. The van der Waals surface area contributed by atoms with E-state index in [4.69, 9.17) is 0 Å². The molecule has 0 aliphatic heterocycles. The lowest BCUT2D eigenvalue weighted by Gasteiger charge is -2.07. The van der Waals surface area contributed by atoms with Crippen molar-refractivity contribution in [3.63, 3.8) is 0 Å². The molecule has 0 aliphatic carbocycles. The molecule has 0 bridgehead atoms. The molecule has 0 amide bonds. The van der Waals surface area contributed by atoms with Crippen LogP contribution in [0.15, 0.2) is 52.3 Å². The fraction of sp³-hybridized carbons (Fsp3) is 0.143. The summed E-state index contributed by atoms with van der Waals surface area (Å²) < 4.78 is 0. The lowest BCUT2D eigenvalue weighted by molar-refractivity contribution is 0.466. The highest BCUT2D eigenvalue weighted by Crippen LogP contribution is 2.32. The van der Waals surface area contributed by atoms with Gasteiger partial charge in [0, 0.05) is 9.79 Å². The van der Waals surface area contributed by atoms with Crippen molar-refractivity contribution in [2.45, 2.75) is 23.6 Å². The van der Waals surface area contributed by atoms with E-state index >= 15 is 0 Å². The van der Waals surface area contributed by atoms with Crippen LogP contribution in [0.4, 0.5) is 0 Å². The van der Waals surface area contributed by atoms with E-state index in [2.05, 4.69) is 12.1 Å². The molecule has 2 aromatic rings. The van der Waals surface area contributed by atoms with Crippen molar-refractivity contribution in [1.82, 2.24) is 0 Å². The first-order chi connectivity index (χ1) is 7.66. The van der Waals surface area contributed by atoms with Crippen molar-refractivity contribution in [2.24, 2.45) is 0 Å². The number of aryl methyl sites for hydroxylation is 2. The number of benzene rings is 2. The summed E-state index contributed by atoms with van der Waals surface area (Å²) in [6.45, 7) is 3.86. The van der Waals surface area contributed by atoms with Gasteiger partial charge in [0.15, 0.2) is 0 Å². The average molecular weight is 230 g/mol. The first-order valence-electron chi connectivity index (χ1n) is 5.20. The summed E-state index contributed by atoms with van der Waals surface area (Å²) in [5.74, 6) is 0.400. The molecule has 0 aromatic heterocycles. The molecular formula is C14H14OS. The second-order valence-electron chi connectivity index (χ2n) is 3.82. The highest BCUT2D eigenvalue weighted by atomic mass is 32.2. The maximum absolute atomic E-state index is 9.69. The topological polar surface area (TPSA) is 20.2 Å². The third-order valence-corrected chi connectivity index (χ3v) is 3.42. The van der Waals surface area contributed by atoms with Gasteiger partial charge in [0.2, 0.25) is 0 Å². The minimum Gasteiger partial charge on any atom is -0.507 e. The molecule has 0 heterocycles. The number of rotatable bonds is 2. The van der Waals surface area contributed by atoms with Gasteiger partial charge in [0.05, 0.1) is 0 Å². The zero-order valence-electron chi connectivity index (χ0n) is 9.40. The van der Waals surface area contributed by atoms with E-state index < -0.39 is 0 Å². The quantitative estimate of drug-likeness (QED) is 0.836. The molecule has 2 rings (SSSR count). The zero-order chi connectivity index (χ0) is 11.5. The summed E-state index contributed by atoms with van der Waals surface area (Å²) >= 11 is 1.71. The lowest BCUT2D eigenvalue weighted by Crippen LogP contribution is -1.82. The van der Waals surface area contributed by atoms with E-state index in [1.54, 1.807) is 11.8 Å². The summed E-state index contributed by atoms with van der Waals surface area (Å²) in [5.41, 5.74) is 1.86. The van der Waals surface area contributed by atoms with Crippen LogP contribution < -0.4 is 0 Å². The number of aromatic hydroxyl groups is 1. The second-order valence-corrected chi connectivity index (χ2v) is 4.97. The first-order valence-corrected chi connectivity index (χ1v) is 6.01. The Kier molecular flexibility index (Phi) is 3.20. The van der Waals surface area contributed by atoms with E-state index in [0.717, 1.165) is 11.1 Å². The molecule has 2 aromatic carbocycles.